The van der Waals surface area contributed by atoms with Gasteiger partial charge in [-0.2, -0.15) is 0 Å². The van der Waals surface area contributed by atoms with E-state index in [2.05, 4.69) is 32.0 Å². The number of esters is 1. The minimum absolute atomic E-state index is 0.00638. The van der Waals surface area contributed by atoms with Crippen LogP contribution in [0.3, 0.4) is 0 Å². The Kier molecular flexibility index (Phi) is 8.07. The number of amides is 2. The zero-order chi connectivity index (χ0) is 28.3. The predicted molar refractivity (Wildman–Crippen MR) is 153 cm³/mol. The molecule has 3 aliphatic rings. The Morgan fingerprint density at radius 3 is 2.45 bits per heavy atom. The van der Waals surface area contributed by atoms with Crippen LogP contribution >= 0.6 is 0 Å². The number of aromatic nitrogens is 2. The lowest BCUT2D eigenvalue weighted by Gasteiger charge is -2.43. The molecule has 1 aromatic heterocycles. The summed E-state index contributed by atoms with van der Waals surface area (Å²) in [6.07, 6.45) is 2.56. The molecule has 3 aromatic rings. The largest absolute Gasteiger partial charge is 0.466 e. The first-order chi connectivity index (χ1) is 19.3. The number of hydrogen-bond donors (Lipinski definition) is 1. The van der Waals surface area contributed by atoms with Gasteiger partial charge in [0.25, 0.3) is 0 Å². The highest BCUT2D eigenvalue weighted by Gasteiger charge is 2.50. The zero-order valence-corrected chi connectivity index (χ0v) is 23.5. The zero-order valence-electron chi connectivity index (χ0n) is 23.5. The molecule has 212 valence electrons. The summed E-state index contributed by atoms with van der Waals surface area (Å²) in [5.74, 6) is 1.01. The number of fused-ring (bicyclic) bond motifs is 3. The van der Waals surface area contributed by atoms with Crippen LogP contribution in [-0.4, -0.2) is 89.3 Å². The second-order valence-corrected chi connectivity index (χ2v) is 10.7. The average molecular weight is 547 g/mol. The Bertz CT molecular complexity index is 1370. The molecular formula is C30H38N6O4. The summed E-state index contributed by atoms with van der Waals surface area (Å²) in [6.45, 7) is 7.61. The summed E-state index contributed by atoms with van der Waals surface area (Å²) in [5, 5.41) is 3.08. The molecule has 1 N–H and O–H groups in total. The van der Waals surface area contributed by atoms with Crippen molar-refractivity contribution in [2.75, 3.05) is 51.4 Å². The van der Waals surface area contributed by atoms with Crippen LogP contribution in [0.25, 0.3) is 11.0 Å². The Morgan fingerprint density at radius 2 is 1.77 bits per heavy atom. The molecule has 40 heavy (non-hydrogen) atoms. The van der Waals surface area contributed by atoms with E-state index in [0.717, 1.165) is 61.4 Å². The van der Waals surface area contributed by atoms with Gasteiger partial charge < -0.3 is 24.8 Å². The SMILES string of the molecule is CCOC(C)=O.CN1CC(CCN2CCC3(CC2)C(=O)NCN3c2ccccc2)c2nc3ccccc3n2C1=O. The molecule has 0 aliphatic carbocycles. The number of benzene rings is 2. The molecule has 1 spiro atoms. The first-order valence-electron chi connectivity index (χ1n) is 14.0. The number of nitrogens with zero attached hydrogens (tertiary/aromatic N) is 5. The minimum Gasteiger partial charge on any atom is -0.466 e. The fourth-order valence-corrected chi connectivity index (χ4v) is 6.12. The highest BCUT2D eigenvalue weighted by atomic mass is 16.5. The smallest absolute Gasteiger partial charge is 0.329 e. The maximum Gasteiger partial charge on any atom is 0.329 e. The second kappa shape index (κ2) is 11.7. The molecule has 0 saturated carbocycles. The maximum absolute atomic E-state index is 12.9. The third-order valence-electron chi connectivity index (χ3n) is 8.19. The van der Waals surface area contributed by atoms with Crippen molar-refractivity contribution in [2.45, 2.75) is 44.6 Å². The van der Waals surface area contributed by atoms with E-state index < -0.39 is 5.54 Å². The summed E-state index contributed by atoms with van der Waals surface area (Å²) < 4.78 is 6.19. The van der Waals surface area contributed by atoms with E-state index in [1.54, 1.807) is 16.4 Å². The fourth-order valence-electron chi connectivity index (χ4n) is 6.12. The van der Waals surface area contributed by atoms with Gasteiger partial charge in [-0.1, -0.05) is 30.3 Å². The van der Waals surface area contributed by atoms with Crippen molar-refractivity contribution in [3.05, 3.63) is 60.4 Å². The lowest BCUT2D eigenvalue weighted by Crippen LogP contribution is -2.56. The molecule has 0 bridgehead atoms. The molecule has 1 unspecified atom stereocenters. The van der Waals surface area contributed by atoms with E-state index in [9.17, 15) is 14.4 Å². The van der Waals surface area contributed by atoms with Crippen LogP contribution in [0.15, 0.2) is 54.6 Å². The molecule has 6 rings (SSSR count). The van der Waals surface area contributed by atoms with Crippen LogP contribution in [0.5, 0.6) is 0 Å². The van der Waals surface area contributed by atoms with E-state index >= 15 is 0 Å². The average Bonchev–Trinajstić information content (AvgIpc) is 3.50. The van der Waals surface area contributed by atoms with E-state index in [-0.39, 0.29) is 23.8 Å². The number of carbonyl (C=O) groups is 3. The van der Waals surface area contributed by atoms with Gasteiger partial charge in [-0.3, -0.25) is 9.59 Å². The summed E-state index contributed by atoms with van der Waals surface area (Å²) in [6, 6.07) is 18.1. The van der Waals surface area contributed by atoms with Crippen LogP contribution < -0.4 is 10.2 Å². The van der Waals surface area contributed by atoms with Gasteiger partial charge in [0, 0.05) is 45.2 Å². The number of imidazole rings is 1. The number of hydrogen-bond acceptors (Lipinski definition) is 7. The van der Waals surface area contributed by atoms with Gasteiger partial charge in [0.2, 0.25) is 5.91 Å². The van der Waals surface area contributed by atoms with Crippen molar-refractivity contribution >= 4 is 34.6 Å². The van der Waals surface area contributed by atoms with Crippen molar-refractivity contribution in [3.63, 3.8) is 0 Å². The first kappa shape index (κ1) is 27.6. The standard InChI is InChI=1S/C26H30N6O2.C4H8O2/c1-29-17-19(23-28-21-9-5-6-10-22(21)32(23)25(29)34)11-14-30-15-12-26(13-16-30)24(33)27-18-31(26)20-7-3-2-4-8-20;1-3-6-4(2)5/h2-10,19H,11-18H2,1H3,(H,27,33);3H2,1-2H3. The van der Waals surface area contributed by atoms with E-state index in [1.165, 1.54) is 6.92 Å². The minimum atomic E-state index is -0.455. The number of likely N-dealkylation sites (tertiary alicyclic amines) is 1. The number of carbonyl (C=O) groups excluding carboxylic acids is 3. The molecule has 1 atom stereocenters. The number of anilines is 1. The molecular weight excluding hydrogens is 508 g/mol. The van der Waals surface area contributed by atoms with E-state index in [4.69, 9.17) is 4.98 Å². The Hall–Kier alpha value is -3.92. The third-order valence-corrected chi connectivity index (χ3v) is 8.19. The molecule has 10 nitrogen and oxygen atoms in total. The second-order valence-electron chi connectivity index (χ2n) is 10.7. The van der Waals surface area contributed by atoms with Crippen molar-refractivity contribution in [1.82, 2.24) is 24.7 Å². The van der Waals surface area contributed by atoms with Crippen LogP contribution in [0.1, 0.15) is 44.9 Å². The Balaban J connectivity index is 0.000000487. The summed E-state index contributed by atoms with van der Waals surface area (Å²) >= 11 is 0. The molecule has 4 heterocycles. The van der Waals surface area contributed by atoms with E-state index in [1.807, 2.05) is 49.5 Å². The monoisotopic (exact) mass is 546 g/mol. The molecule has 3 aliphatic heterocycles. The Morgan fingerprint density at radius 1 is 1.07 bits per heavy atom. The molecule has 2 aromatic carbocycles. The molecule has 2 saturated heterocycles. The van der Waals surface area contributed by atoms with Gasteiger partial charge in [0.1, 0.15) is 11.4 Å². The number of likely N-dealkylation sites (N-methyl/N-ethyl adjacent to an activating group) is 1. The van der Waals surface area contributed by atoms with Crippen molar-refractivity contribution in [1.29, 1.82) is 0 Å². The van der Waals surface area contributed by atoms with Gasteiger partial charge in [-0.05, 0) is 57.0 Å². The van der Waals surface area contributed by atoms with Crippen LogP contribution in [0.2, 0.25) is 0 Å². The van der Waals surface area contributed by atoms with E-state index in [0.29, 0.717) is 19.8 Å². The summed E-state index contributed by atoms with van der Waals surface area (Å²) in [7, 11) is 1.87. The number of piperidine rings is 1. The van der Waals surface area contributed by atoms with Crippen LogP contribution in [0.4, 0.5) is 10.5 Å². The normalized spacial score (nSPS) is 20.2. The van der Waals surface area contributed by atoms with Crippen molar-refractivity contribution in [2.24, 2.45) is 0 Å². The first-order valence-corrected chi connectivity index (χ1v) is 14.0. The number of rotatable bonds is 5. The topological polar surface area (TPSA) is 100 Å². The van der Waals surface area contributed by atoms with Gasteiger partial charge in [0.05, 0.1) is 24.3 Å². The quantitative estimate of drug-likeness (QED) is 0.490. The molecule has 0 radical (unpaired) electrons. The van der Waals surface area contributed by atoms with Crippen molar-refractivity contribution in [3.8, 4) is 0 Å². The van der Waals surface area contributed by atoms with Gasteiger partial charge in [-0.25, -0.2) is 14.3 Å². The highest BCUT2D eigenvalue weighted by molar-refractivity contribution is 5.93. The lowest BCUT2D eigenvalue weighted by atomic mass is 9.85. The van der Waals surface area contributed by atoms with Gasteiger partial charge >= 0.3 is 12.0 Å². The third kappa shape index (κ3) is 5.28. The van der Waals surface area contributed by atoms with Crippen LogP contribution in [-0.2, 0) is 14.3 Å². The predicted octanol–water partition coefficient (Wildman–Crippen LogP) is 3.42. The number of ether oxygens (including phenoxy) is 1. The molecule has 2 amide bonds. The highest BCUT2D eigenvalue weighted by Crippen LogP contribution is 2.37. The Labute approximate surface area is 234 Å². The number of para-hydroxylation sites is 3. The number of nitrogens with one attached hydrogen (secondary N) is 1. The van der Waals surface area contributed by atoms with Crippen LogP contribution in [0, 0.1) is 0 Å². The lowest BCUT2D eigenvalue weighted by molar-refractivity contribution is -0.140. The maximum atomic E-state index is 12.9. The molecule has 10 heteroatoms. The molecule has 2 fully saturated rings. The summed E-state index contributed by atoms with van der Waals surface area (Å²) in [5.41, 5.74) is 2.40. The fraction of sp³-hybridized carbons (Fsp3) is 0.467. The van der Waals surface area contributed by atoms with Gasteiger partial charge in [-0.15, -0.1) is 0 Å². The van der Waals surface area contributed by atoms with Crippen molar-refractivity contribution < 1.29 is 19.1 Å². The van der Waals surface area contributed by atoms with Gasteiger partial charge in [0.15, 0.2) is 0 Å². The summed E-state index contributed by atoms with van der Waals surface area (Å²) in [4.78, 5) is 46.9.